The molecule has 31 heavy (non-hydrogen) atoms. The maximum atomic E-state index is 13.0. The molecule has 0 saturated heterocycles. The van der Waals surface area contributed by atoms with Gasteiger partial charge in [0.2, 0.25) is 17.7 Å². The first-order valence-electron chi connectivity index (χ1n) is 10.4. The van der Waals surface area contributed by atoms with Crippen molar-refractivity contribution in [2.45, 2.75) is 50.7 Å². The minimum Gasteiger partial charge on any atom is -0.369 e. The number of primary amides is 1. The fourth-order valence-corrected chi connectivity index (χ4v) is 5.25. The van der Waals surface area contributed by atoms with Gasteiger partial charge in [-0.15, -0.1) is 11.3 Å². The number of thiazole rings is 1. The normalized spacial score (nSPS) is 23.5. The minimum absolute atomic E-state index is 0.00564. The number of nitrogens with two attached hydrogens (primary N) is 1. The first-order chi connectivity index (χ1) is 14.6. The number of rotatable bonds is 6. The van der Waals surface area contributed by atoms with E-state index in [-0.39, 0.29) is 23.8 Å². The van der Waals surface area contributed by atoms with Gasteiger partial charge >= 0.3 is 0 Å². The van der Waals surface area contributed by atoms with Crippen LogP contribution in [0.15, 0.2) is 0 Å². The summed E-state index contributed by atoms with van der Waals surface area (Å²) in [4.78, 5) is 58.0. The standard InChI is InChI=1S/C20H30N6O4S/c1-25(2)20(30)11-4-5-12(22-17(28)9-16(21)27)14(8-11)23-18(29)19-24-13-6-7-26(3)10-15(13)31-19/h11-12,14H,4-10H2,1-3H3,(H2,21,27)(H,22,28)(H,23,29)/t11-,12-,14+/m0/s1. The van der Waals surface area contributed by atoms with E-state index in [1.807, 2.05) is 7.05 Å². The molecule has 1 aromatic rings. The molecular weight excluding hydrogens is 420 g/mol. The summed E-state index contributed by atoms with van der Waals surface area (Å²) in [6.45, 7) is 1.68. The summed E-state index contributed by atoms with van der Waals surface area (Å²) in [5, 5.41) is 6.17. The molecule has 0 spiro atoms. The smallest absolute Gasteiger partial charge is 0.280 e. The van der Waals surface area contributed by atoms with Crippen LogP contribution < -0.4 is 16.4 Å². The van der Waals surface area contributed by atoms with Crippen molar-refractivity contribution in [3.63, 3.8) is 0 Å². The van der Waals surface area contributed by atoms with E-state index in [4.69, 9.17) is 5.73 Å². The first-order valence-corrected chi connectivity index (χ1v) is 11.2. The zero-order valence-corrected chi connectivity index (χ0v) is 19.0. The van der Waals surface area contributed by atoms with Gasteiger partial charge in [-0.3, -0.25) is 19.2 Å². The average Bonchev–Trinajstić information content (AvgIpc) is 3.11. The fourth-order valence-electron chi connectivity index (χ4n) is 4.16. The van der Waals surface area contributed by atoms with Crippen LogP contribution in [-0.4, -0.2) is 78.2 Å². The third-order valence-corrected chi connectivity index (χ3v) is 6.84. The van der Waals surface area contributed by atoms with Gasteiger partial charge in [-0.05, 0) is 26.3 Å². The summed E-state index contributed by atoms with van der Waals surface area (Å²) >= 11 is 1.38. The zero-order valence-electron chi connectivity index (χ0n) is 18.1. The summed E-state index contributed by atoms with van der Waals surface area (Å²) in [5.41, 5.74) is 6.07. The van der Waals surface area contributed by atoms with Crippen LogP contribution in [-0.2, 0) is 27.3 Å². The number of aromatic nitrogens is 1. The number of carbonyl (C=O) groups excluding carboxylic acids is 4. The molecule has 4 N–H and O–H groups in total. The second-order valence-corrected chi connectivity index (χ2v) is 9.60. The lowest BCUT2D eigenvalue weighted by molar-refractivity contribution is -0.134. The van der Waals surface area contributed by atoms with E-state index in [1.165, 1.54) is 11.3 Å². The summed E-state index contributed by atoms with van der Waals surface area (Å²) in [6, 6.07) is -0.835. The van der Waals surface area contributed by atoms with E-state index in [9.17, 15) is 19.2 Å². The van der Waals surface area contributed by atoms with Gasteiger partial charge in [-0.1, -0.05) is 0 Å². The van der Waals surface area contributed by atoms with Gasteiger partial charge in [0.1, 0.15) is 6.42 Å². The SMILES string of the molecule is CN1CCc2nc(C(=O)N[C@@H]3C[C@@H](C(=O)N(C)C)CC[C@@H]3NC(=O)CC(N)=O)sc2C1. The zero-order chi connectivity index (χ0) is 22.7. The van der Waals surface area contributed by atoms with Crippen LogP contribution in [0.4, 0.5) is 0 Å². The Kier molecular flexibility index (Phi) is 7.26. The van der Waals surface area contributed by atoms with Crippen molar-refractivity contribution in [1.82, 2.24) is 25.4 Å². The monoisotopic (exact) mass is 450 g/mol. The van der Waals surface area contributed by atoms with Gasteiger partial charge in [0.05, 0.1) is 11.7 Å². The number of likely N-dealkylation sites (N-methyl/N-ethyl adjacent to an activating group) is 1. The third kappa shape index (κ3) is 5.79. The van der Waals surface area contributed by atoms with Crippen molar-refractivity contribution in [3.8, 4) is 0 Å². The second kappa shape index (κ2) is 9.73. The Hall–Kier alpha value is -2.53. The second-order valence-electron chi connectivity index (χ2n) is 8.52. The molecule has 11 heteroatoms. The van der Waals surface area contributed by atoms with Gasteiger partial charge in [-0.25, -0.2) is 4.98 Å². The maximum absolute atomic E-state index is 13.0. The molecule has 0 aromatic carbocycles. The van der Waals surface area contributed by atoms with Crippen molar-refractivity contribution in [2.75, 3.05) is 27.7 Å². The van der Waals surface area contributed by atoms with Gasteiger partial charge in [0.25, 0.3) is 5.91 Å². The molecule has 4 amide bonds. The van der Waals surface area contributed by atoms with E-state index in [0.717, 1.165) is 30.1 Å². The highest BCUT2D eigenvalue weighted by Crippen LogP contribution is 2.28. The Labute approximate surface area is 185 Å². The van der Waals surface area contributed by atoms with Crippen LogP contribution in [0.3, 0.4) is 0 Å². The van der Waals surface area contributed by atoms with Crippen LogP contribution in [0.5, 0.6) is 0 Å². The summed E-state index contributed by atoms with van der Waals surface area (Å²) in [6.07, 6.45) is 1.90. The molecule has 0 unspecified atom stereocenters. The molecule has 2 aliphatic rings. The number of hydrogen-bond acceptors (Lipinski definition) is 7. The predicted octanol–water partition coefficient (Wildman–Crippen LogP) is -0.522. The molecule has 3 rings (SSSR count). The molecule has 3 atom stereocenters. The Balaban J connectivity index is 1.73. The third-order valence-electron chi connectivity index (χ3n) is 5.75. The number of amides is 4. The number of nitrogens with one attached hydrogen (secondary N) is 2. The summed E-state index contributed by atoms with van der Waals surface area (Å²) in [5.74, 6) is -1.76. The highest BCUT2D eigenvalue weighted by Gasteiger charge is 2.37. The number of carbonyl (C=O) groups is 4. The quantitative estimate of drug-likeness (QED) is 0.499. The molecule has 170 valence electrons. The molecule has 1 aliphatic carbocycles. The molecule has 0 radical (unpaired) electrons. The lowest BCUT2D eigenvalue weighted by Gasteiger charge is -2.37. The van der Waals surface area contributed by atoms with Crippen LogP contribution in [0.1, 0.15) is 46.1 Å². The molecule has 10 nitrogen and oxygen atoms in total. The Morgan fingerprint density at radius 3 is 2.61 bits per heavy atom. The largest absolute Gasteiger partial charge is 0.369 e. The van der Waals surface area contributed by atoms with E-state index >= 15 is 0 Å². The van der Waals surface area contributed by atoms with Crippen molar-refractivity contribution in [1.29, 1.82) is 0 Å². The van der Waals surface area contributed by atoms with Crippen LogP contribution >= 0.6 is 11.3 Å². The molecular formula is C20H30N6O4S. The molecule has 2 heterocycles. The molecule has 1 aliphatic heterocycles. The fraction of sp³-hybridized carbons (Fsp3) is 0.650. The topological polar surface area (TPSA) is 138 Å². The van der Waals surface area contributed by atoms with Crippen LogP contribution in [0.2, 0.25) is 0 Å². The molecule has 1 fully saturated rings. The molecule has 0 bridgehead atoms. The van der Waals surface area contributed by atoms with E-state index in [2.05, 4.69) is 20.5 Å². The van der Waals surface area contributed by atoms with Crippen molar-refractivity contribution >= 4 is 35.0 Å². The number of hydrogen-bond donors (Lipinski definition) is 3. The lowest BCUT2D eigenvalue weighted by atomic mass is 9.81. The van der Waals surface area contributed by atoms with Gasteiger partial charge in [-0.2, -0.15) is 0 Å². The van der Waals surface area contributed by atoms with Crippen LogP contribution in [0, 0.1) is 5.92 Å². The van der Waals surface area contributed by atoms with E-state index < -0.39 is 24.3 Å². The van der Waals surface area contributed by atoms with Crippen molar-refractivity contribution in [2.24, 2.45) is 11.7 Å². The van der Waals surface area contributed by atoms with E-state index in [1.54, 1.807) is 19.0 Å². The van der Waals surface area contributed by atoms with Crippen molar-refractivity contribution in [3.05, 3.63) is 15.6 Å². The van der Waals surface area contributed by atoms with Gasteiger partial charge in [0, 0.05) is 50.4 Å². The highest BCUT2D eigenvalue weighted by atomic mass is 32.1. The Bertz CT molecular complexity index is 870. The predicted molar refractivity (Wildman–Crippen MR) is 115 cm³/mol. The lowest BCUT2D eigenvalue weighted by Crippen LogP contribution is -2.56. The molecule has 1 aromatic heterocycles. The number of fused-ring (bicyclic) bond motifs is 1. The number of nitrogens with zero attached hydrogens (tertiary/aromatic N) is 3. The van der Waals surface area contributed by atoms with Gasteiger partial charge < -0.3 is 26.2 Å². The van der Waals surface area contributed by atoms with E-state index in [0.29, 0.717) is 24.3 Å². The average molecular weight is 451 g/mol. The highest BCUT2D eigenvalue weighted by molar-refractivity contribution is 7.13. The summed E-state index contributed by atoms with van der Waals surface area (Å²) in [7, 11) is 5.44. The van der Waals surface area contributed by atoms with Crippen molar-refractivity contribution < 1.29 is 19.2 Å². The Morgan fingerprint density at radius 2 is 1.94 bits per heavy atom. The van der Waals surface area contributed by atoms with Gasteiger partial charge in [0.15, 0.2) is 5.01 Å². The maximum Gasteiger partial charge on any atom is 0.280 e. The van der Waals surface area contributed by atoms with Crippen LogP contribution in [0.25, 0.3) is 0 Å². The first kappa shape index (κ1) is 23.1. The molecule has 1 saturated carbocycles. The summed E-state index contributed by atoms with van der Waals surface area (Å²) < 4.78 is 0. The Morgan fingerprint density at radius 1 is 1.19 bits per heavy atom. The minimum atomic E-state index is -0.715.